The summed E-state index contributed by atoms with van der Waals surface area (Å²) in [5.41, 5.74) is 0.261. The molecule has 1 heterocycles. The Morgan fingerprint density at radius 1 is 1.28 bits per heavy atom. The first-order chi connectivity index (χ1) is 11.8. The number of benzene rings is 2. The Kier molecular flexibility index (Phi) is 4.75. The number of amides is 2. The normalized spacial score (nSPS) is 15.5. The quantitative estimate of drug-likeness (QED) is 0.808. The van der Waals surface area contributed by atoms with Crippen molar-refractivity contribution in [1.29, 1.82) is 0 Å². The van der Waals surface area contributed by atoms with Crippen molar-refractivity contribution in [3.8, 4) is 0 Å². The van der Waals surface area contributed by atoms with Crippen molar-refractivity contribution >= 4 is 46.6 Å². The number of nitrogens with zero attached hydrogens (tertiary/aromatic N) is 1. The van der Waals surface area contributed by atoms with E-state index in [0.717, 1.165) is 0 Å². The zero-order valence-electron chi connectivity index (χ0n) is 13.7. The molecule has 130 valence electrons. The van der Waals surface area contributed by atoms with E-state index in [9.17, 15) is 14.0 Å². The number of fused-ring (bicyclic) bond motifs is 1. The van der Waals surface area contributed by atoms with Gasteiger partial charge in [-0.05, 0) is 44.2 Å². The molecular weight excluding hydrogens is 363 g/mol. The summed E-state index contributed by atoms with van der Waals surface area (Å²) in [7, 11) is 0. The van der Waals surface area contributed by atoms with E-state index in [1.54, 1.807) is 38.1 Å². The van der Waals surface area contributed by atoms with Gasteiger partial charge in [0.15, 0.2) is 0 Å². The number of hydrogen-bond donors (Lipinski definition) is 1. The lowest BCUT2D eigenvalue weighted by molar-refractivity contribution is -0.125. The number of nitrogens with one attached hydrogen (secondary N) is 1. The van der Waals surface area contributed by atoms with Crippen molar-refractivity contribution in [1.82, 2.24) is 0 Å². The molecule has 0 aromatic heterocycles. The molecule has 1 aliphatic rings. The highest BCUT2D eigenvalue weighted by Crippen LogP contribution is 2.37. The van der Waals surface area contributed by atoms with E-state index in [4.69, 9.17) is 11.6 Å². The van der Waals surface area contributed by atoms with Crippen LogP contribution in [0.1, 0.15) is 13.8 Å². The number of carbonyl (C=O) groups excluding carboxylic acids is 2. The van der Waals surface area contributed by atoms with Crippen LogP contribution >= 0.6 is 23.4 Å². The smallest absolute Gasteiger partial charge is 0.250 e. The highest BCUT2D eigenvalue weighted by atomic mass is 35.5. The van der Waals surface area contributed by atoms with Gasteiger partial charge in [-0.3, -0.25) is 14.5 Å². The second-order valence-corrected chi connectivity index (χ2v) is 7.58. The van der Waals surface area contributed by atoms with Crippen molar-refractivity contribution in [2.24, 2.45) is 0 Å². The van der Waals surface area contributed by atoms with Crippen molar-refractivity contribution < 1.29 is 14.0 Å². The van der Waals surface area contributed by atoms with E-state index < -0.39 is 11.4 Å². The molecule has 0 saturated heterocycles. The molecule has 4 nitrogen and oxygen atoms in total. The number of anilines is 2. The van der Waals surface area contributed by atoms with Gasteiger partial charge in [-0.15, -0.1) is 11.8 Å². The molecule has 0 radical (unpaired) electrons. The van der Waals surface area contributed by atoms with E-state index in [1.807, 2.05) is 6.07 Å². The summed E-state index contributed by atoms with van der Waals surface area (Å²) in [6, 6.07) is 11.5. The molecule has 0 fully saturated rings. The third-order valence-corrected chi connectivity index (χ3v) is 5.28. The third-order valence-electron chi connectivity index (χ3n) is 4.01. The number of thioether (sulfide) groups is 1. The van der Waals surface area contributed by atoms with Crippen molar-refractivity contribution in [3.63, 3.8) is 0 Å². The fraction of sp³-hybridized carbons (Fsp3) is 0.222. The third kappa shape index (κ3) is 3.37. The van der Waals surface area contributed by atoms with E-state index >= 15 is 0 Å². The fourth-order valence-electron chi connectivity index (χ4n) is 2.67. The summed E-state index contributed by atoms with van der Waals surface area (Å²) in [4.78, 5) is 27.4. The molecule has 0 saturated carbocycles. The van der Waals surface area contributed by atoms with Gasteiger partial charge in [0.25, 0.3) is 0 Å². The fourth-order valence-corrected chi connectivity index (χ4v) is 3.70. The zero-order chi connectivity index (χ0) is 18.2. The van der Waals surface area contributed by atoms with E-state index in [0.29, 0.717) is 16.3 Å². The van der Waals surface area contributed by atoms with Crippen LogP contribution in [-0.4, -0.2) is 23.1 Å². The number of carbonyl (C=O) groups is 2. The summed E-state index contributed by atoms with van der Waals surface area (Å²) < 4.78 is 13.2. The predicted molar refractivity (Wildman–Crippen MR) is 98.8 cm³/mol. The molecule has 25 heavy (non-hydrogen) atoms. The van der Waals surface area contributed by atoms with Gasteiger partial charge in [0.1, 0.15) is 11.4 Å². The number of rotatable bonds is 3. The topological polar surface area (TPSA) is 49.4 Å². The summed E-state index contributed by atoms with van der Waals surface area (Å²) in [5.74, 6) is -0.847. The molecule has 0 bridgehead atoms. The summed E-state index contributed by atoms with van der Waals surface area (Å²) in [6.07, 6.45) is 0. The van der Waals surface area contributed by atoms with E-state index in [-0.39, 0.29) is 22.6 Å². The van der Waals surface area contributed by atoms with Crippen molar-refractivity contribution in [2.45, 2.75) is 24.3 Å². The number of para-hydroxylation sites is 2. The molecule has 0 aliphatic carbocycles. The Labute approximate surface area is 154 Å². The molecule has 0 atom stereocenters. The largest absolute Gasteiger partial charge is 0.322 e. The summed E-state index contributed by atoms with van der Waals surface area (Å²) in [6.45, 7) is 3.41. The van der Waals surface area contributed by atoms with E-state index in [1.165, 1.54) is 28.8 Å². The Balaban J connectivity index is 1.84. The molecule has 0 spiro atoms. The molecule has 2 aromatic rings. The van der Waals surface area contributed by atoms with Gasteiger partial charge in [-0.2, -0.15) is 0 Å². The molecule has 2 amide bonds. The van der Waals surface area contributed by atoms with Crippen LogP contribution in [0.4, 0.5) is 15.8 Å². The SMILES string of the molecule is CC1(C)C(=O)Nc2ccccc2N1C(=O)CSc1ccc(F)c(Cl)c1. The van der Waals surface area contributed by atoms with Crippen LogP contribution in [-0.2, 0) is 9.59 Å². The molecule has 7 heteroatoms. The molecular formula is C18H16ClFN2O2S. The average molecular weight is 379 g/mol. The van der Waals surface area contributed by atoms with Crippen LogP contribution in [0.15, 0.2) is 47.4 Å². The standard InChI is InChI=1S/C18H16ClFN2O2S/c1-18(2)17(24)21-14-5-3-4-6-15(14)22(18)16(23)10-25-11-7-8-13(20)12(19)9-11/h3-9H,10H2,1-2H3,(H,21,24). The minimum Gasteiger partial charge on any atom is -0.322 e. The van der Waals surface area contributed by atoms with Crippen LogP contribution in [0, 0.1) is 5.82 Å². The minimum absolute atomic E-state index is 0.0143. The van der Waals surface area contributed by atoms with Gasteiger partial charge in [-0.25, -0.2) is 4.39 Å². The van der Waals surface area contributed by atoms with Gasteiger partial charge in [-0.1, -0.05) is 23.7 Å². The molecule has 1 N–H and O–H groups in total. The first-order valence-corrected chi connectivity index (χ1v) is 8.98. The Morgan fingerprint density at radius 2 is 2.00 bits per heavy atom. The van der Waals surface area contributed by atoms with Gasteiger partial charge in [0.05, 0.1) is 22.2 Å². The lowest BCUT2D eigenvalue weighted by Gasteiger charge is -2.42. The van der Waals surface area contributed by atoms with Crippen LogP contribution in [0.5, 0.6) is 0 Å². The highest BCUT2D eigenvalue weighted by Gasteiger charge is 2.43. The second-order valence-electron chi connectivity index (χ2n) is 6.12. The Bertz CT molecular complexity index is 857. The van der Waals surface area contributed by atoms with Crippen LogP contribution in [0.2, 0.25) is 5.02 Å². The van der Waals surface area contributed by atoms with E-state index in [2.05, 4.69) is 5.32 Å². The van der Waals surface area contributed by atoms with Gasteiger partial charge >= 0.3 is 0 Å². The number of hydrogen-bond acceptors (Lipinski definition) is 3. The predicted octanol–water partition coefficient (Wildman–Crippen LogP) is 4.34. The van der Waals surface area contributed by atoms with Gasteiger partial charge < -0.3 is 5.32 Å². The molecule has 0 unspecified atom stereocenters. The minimum atomic E-state index is -1.01. The highest BCUT2D eigenvalue weighted by molar-refractivity contribution is 8.00. The van der Waals surface area contributed by atoms with Gasteiger partial charge in [0.2, 0.25) is 11.8 Å². The Morgan fingerprint density at radius 3 is 2.72 bits per heavy atom. The first-order valence-electron chi connectivity index (χ1n) is 7.62. The maximum atomic E-state index is 13.2. The van der Waals surface area contributed by atoms with Crippen LogP contribution in [0.3, 0.4) is 0 Å². The average Bonchev–Trinajstić information content (AvgIpc) is 2.56. The molecule has 2 aromatic carbocycles. The summed E-state index contributed by atoms with van der Waals surface area (Å²) >= 11 is 7.02. The first kappa shape index (κ1) is 17.8. The van der Waals surface area contributed by atoms with Crippen molar-refractivity contribution in [2.75, 3.05) is 16.0 Å². The monoisotopic (exact) mass is 378 g/mol. The summed E-state index contributed by atoms with van der Waals surface area (Å²) in [5, 5.41) is 2.84. The second kappa shape index (κ2) is 6.69. The van der Waals surface area contributed by atoms with Crippen molar-refractivity contribution in [3.05, 3.63) is 53.3 Å². The van der Waals surface area contributed by atoms with Gasteiger partial charge in [0, 0.05) is 4.90 Å². The van der Waals surface area contributed by atoms with Crippen LogP contribution < -0.4 is 10.2 Å². The molecule has 3 rings (SSSR count). The Hall–Kier alpha value is -2.05. The number of halogens is 2. The molecule has 1 aliphatic heterocycles. The maximum Gasteiger partial charge on any atom is 0.250 e. The lowest BCUT2D eigenvalue weighted by atomic mass is 9.96. The maximum absolute atomic E-state index is 13.2. The zero-order valence-corrected chi connectivity index (χ0v) is 15.2. The lowest BCUT2D eigenvalue weighted by Crippen LogP contribution is -2.58. The van der Waals surface area contributed by atoms with Crippen LogP contribution in [0.25, 0.3) is 0 Å².